The third kappa shape index (κ3) is 4.28. The van der Waals surface area contributed by atoms with Crippen LogP contribution in [0.5, 0.6) is 0 Å². The van der Waals surface area contributed by atoms with Crippen LogP contribution in [0, 0.1) is 20.8 Å². The average molecular weight is 472 g/mol. The molecule has 0 fully saturated rings. The van der Waals surface area contributed by atoms with Crippen molar-refractivity contribution in [2.45, 2.75) is 61.3 Å². The third-order valence-electron chi connectivity index (χ3n) is 6.97. The van der Waals surface area contributed by atoms with Crippen LogP contribution in [-0.4, -0.2) is 27.6 Å². The van der Waals surface area contributed by atoms with Gasteiger partial charge < -0.3 is 4.48 Å². The number of aromatic nitrogens is 3. The molecule has 3 aromatic rings. The van der Waals surface area contributed by atoms with Crippen LogP contribution in [0.15, 0.2) is 58.5 Å². The van der Waals surface area contributed by atoms with Gasteiger partial charge >= 0.3 is 7.40 Å². The first-order valence-corrected chi connectivity index (χ1v) is 12.1. The highest BCUT2D eigenvalue weighted by Gasteiger charge is 2.32. The van der Waals surface area contributed by atoms with Crippen LogP contribution in [-0.2, 0) is 6.42 Å². The molecule has 7 heteroatoms. The van der Waals surface area contributed by atoms with Gasteiger partial charge in [0.1, 0.15) is 0 Å². The molecule has 0 saturated heterocycles. The molecule has 1 aliphatic rings. The van der Waals surface area contributed by atoms with Gasteiger partial charge in [0, 0.05) is 35.1 Å². The monoisotopic (exact) mass is 472 g/mol. The Morgan fingerprint density at radius 1 is 0.914 bits per heavy atom. The van der Waals surface area contributed by atoms with Gasteiger partial charge in [0.05, 0.1) is 17.1 Å². The van der Waals surface area contributed by atoms with E-state index < -0.39 is 7.40 Å². The van der Waals surface area contributed by atoms with Gasteiger partial charge in [-0.05, 0) is 105 Å². The Kier molecular flexibility index (Phi) is 6.88. The molecule has 3 aromatic heterocycles. The molecule has 0 N–H and O–H groups in total. The van der Waals surface area contributed by atoms with Gasteiger partial charge in [-0.15, -0.1) is 0 Å². The van der Waals surface area contributed by atoms with E-state index in [9.17, 15) is 8.63 Å². The van der Waals surface area contributed by atoms with Crippen molar-refractivity contribution in [2.75, 3.05) is 0 Å². The number of hydrogen-bond donors (Lipinski definition) is 0. The standard InChI is InChI=1S/C28H31BF2N4/c1-8-22-17(4)27(34-19(22)6)26(28-18(5)23(9-2)20(7)35(28)29(30)31)21-11-13-33-25(15-21)24-14-16(3)10-12-32-24/h10-15H,8-9H2,1-7H3/b27-26-. The van der Waals surface area contributed by atoms with Crippen LogP contribution < -0.4 is 0 Å². The second kappa shape index (κ2) is 9.72. The lowest BCUT2D eigenvalue weighted by molar-refractivity contribution is 0.623. The smallest absolute Gasteiger partial charge is 0.329 e. The van der Waals surface area contributed by atoms with Crippen LogP contribution in [0.25, 0.3) is 17.0 Å². The van der Waals surface area contributed by atoms with Gasteiger partial charge in [-0.3, -0.25) is 23.6 Å². The topological polar surface area (TPSA) is 43.1 Å². The van der Waals surface area contributed by atoms with E-state index in [4.69, 9.17) is 4.99 Å². The Labute approximate surface area is 206 Å². The summed E-state index contributed by atoms with van der Waals surface area (Å²) < 4.78 is 30.3. The lowest BCUT2D eigenvalue weighted by atomic mass is 9.92. The predicted molar refractivity (Wildman–Crippen MR) is 141 cm³/mol. The Morgan fingerprint density at radius 3 is 2.14 bits per heavy atom. The van der Waals surface area contributed by atoms with Gasteiger partial charge in [0.25, 0.3) is 0 Å². The third-order valence-corrected chi connectivity index (χ3v) is 6.97. The van der Waals surface area contributed by atoms with Gasteiger partial charge in [-0.2, -0.15) is 0 Å². The number of halogens is 2. The maximum atomic E-state index is 14.6. The first kappa shape index (κ1) is 24.8. The molecule has 0 saturated carbocycles. The van der Waals surface area contributed by atoms with E-state index >= 15 is 0 Å². The molecule has 0 aliphatic carbocycles. The Hall–Kier alpha value is -3.35. The van der Waals surface area contributed by atoms with E-state index in [1.165, 1.54) is 4.48 Å². The maximum Gasteiger partial charge on any atom is 0.677 e. The molecule has 0 bridgehead atoms. The summed E-state index contributed by atoms with van der Waals surface area (Å²) >= 11 is 0. The zero-order chi connectivity index (χ0) is 25.4. The minimum Gasteiger partial charge on any atom is -0.329 e. The van der Waals surface area contributed by atoms with Crippen molar-refractivity contribution < 1.29 is 8.63 Å². The van der Waals surface area contributed by atoms with Crippen LogP contribution in [0.1, 0.15) is 67.8 Å². The minimum atomic E-state index is -2.67. The highest BCUT2D eigenvalue weighted by molar-refractivity contribution is 6.41. The summed E-state index contributed by atoms with van der Waals surface area (Å²) in [6, 6.07) is 7.73. The summed E-state index contributed by atoms with van der Waals surface area (Å²) in [6.45, 7) is 13.9. The minimum absolute atomic E-state index is 0.520. The fraction of sp³-hybridized carbons (Fsp3) is 0.321. The molecule has 0 spiro atoms. The molecule has 0 aromatic carbocycles. The molecule has 35 heavy (non-hydrogen) atoms. The molecule has 4 rings (SSSR count). The van der Waals surface area contributed by atoms with Crippen molar-refractivity contribution in [3.63, 3.8) is 0 Å². The predicted octanol–water partition coefficient (Wildman–Crippen LogP) is 7.17. The van der Waals surface area contributed by atoms with Gasteiger partial charge in [-0.25, -0.2) is 0 Å². The maximum absolute atomic E-state index is 14.6. The lowest BCUT2D eigenvalue weighted by Gasteiger charge is -2.17. The van der Waals surface area contributed by atoms with Crippen molar-refractivity contribution in [3.05, 3.63) is 87.1 Å². The zero-order valence-corrected chi connectivity index (χ0v) is 21.5. The number of aryl methyl sites for hydroxylation is 1. The van der Waals surface area contributed by atoms with E-state index in [-0.39, 0.29) is 0 Å². The quantitative estimate of drug-likeness (QED) is 0.357. The van der Waals surface area contributed by atoms with Gasteiger partial charge in [0.2, 0.25) is 0 Å². The van der Waals surface area contributed by atoms with Crippen LogP contribution >= 0.6 is 0 Å². The summed E-state index contributed by atoms with van der Waals surface area (Å²) in [4.78, 5) is 14.0. The highest BCUT2D eigenvalue weighted by atomic mass is 19.2. The molecular weight excluding hydrogens is 441 g/mol. The number of pyridine rings is 2. The van der Waals surface area contributed by atoms with Crippen molar-refractivity contribution in [1.29, 1.82) is 0 Å². The molecule has 1 aliphatic heterocycles. The largest absolute Gasteiger partial charge is 0.677 e. The molecule has 180 valence electrons. The Morgan fingerprint density at radius 2 is 1.57 bits per heavy atom. The second-order valence-electron chi connectivity index (χ2n) is 9.06. The van der Waals surface area contributed by atoms with E-state index in [0.717, 1.165) is 56.9 Å². The molecule has 4 nitrogen and oxygen atoms in total. The molecule has 0 amide bonds. The lowest BCUT2D eigenvalue weighted by Crippen LogP contribution is -2.18. The Balaban J connectivity index is 2.09. The normalized spacial score (nSPS) is 15.1. The van der Waals surface area contributed by atoms with Crippen LogP contribution in [0.2, 0.25) is 0 Å². The molecule has 0 radical (unpaired) electrons. The van der Waals surface area contributed by atoms with Crippen LogP contribution in [0.3, 0.4) is 0 Å². The molecular formula is C28H31BF2N4. The number of aliphatic imine (C=N–C) groups is 1. The van der Waals surface area contributed by atoms with Crippen molar-refractivity contribution in [3.8, 4) is 11.4 Å². The van der Waals surface area contributed by atoms with Gasteiger partial charge in [-0.1, -0.05) is 13.8 Å². The summed E-state index contributed by atoms with van der Waals surface area (Å²) in [5, 5.41) is 0. The van der Waals surface area contributed by atoms with Crippen molar-refractivity contribution in [2.24, 2.45) is 4.99 Å². The number of hydrogen-bond acceptors (Lipinski definition) is 3. The van der Waals surface area contributed by atoms with E-state index in [2.05, 4.69) is 16.9 Å². The Bertz CT molecular complexity index is 1400. The number of rotatable bonds is 6. The number of allylic oxidation sites excluding steroid dienone is 2. The van der Waals surface area contributed by atoms with Gasteiger partial charge in [0.15, 0.2) is 0 Å². The van der Waals surface area contributed by atoms with E-state index in [1.54, 1.807) is 19.3 Å². The summed E-state index contributed by atoms with van der Waals surface area (Å²) in [7, 11) is -2.67. The van der Waals surface area contributed by atoms with Crippen molar-refractivity contribution in [1.82, 2.24) is 14.4 Å². The highest BCUT2D eigenvalue weighted by Crippen LogP contribution is 2.41. The fourth-order valence-corrected chi connectivity index (χ4v) is 5.27. The molecule has 0 atom stereocenters. The number of nitrogens with zero attached hydrogens (tertiary/aromatic N) is 4. The van der Waals surface area contributed by atoms with E-state index in [0.29, 0.717) is 29.1 Å². The van der Waals surface area contributed by atoms with Crippen molar-refractivity contribution >= 4 is 18.7 Å². The summed E-state index contributed by atoms with van der Waals surface area (Å²) in [6.07, 6.45) is 4.99. The molecule has 4 heterocycles. The zero-order valence-electron chi connectivity index (χ0n) is 21.5. The summed E-state index contributed by atoms with van der Waals surface area (Å²) in [5.74, 6) is 0. The van der Waals surface area contributed by atoms with E-state index in [1.807, 2.05) is 58.9 Å². The average Bonchev–Trinajstić information content (AvgIpc) is 3.25. The molecule has 0 unspecified atom stereocenters. The summed E-state index contributed by atoms with van der Waals surface area (Å²) in [5.41, 5.74) is 10.8. The first-order valence-electron chi connectivity index (χ1n) is 12.1. The first-order chi connectivity index (χ1) is 16.7. The fourth-order valence-electron chi connectivity index (χ4n) is 5.27. The second-order valence-corrected chi connectivity index (χ2v) is 9.06. The van der Waals surface area contributed by atoms with Crippen LogP contribution in [0.4, 0.5) is 8.63 Å². The SMILES string of the molecule is CCC1=C(C)/C(=C(\c2ccnc(-c3cc(C)ccn3)c2)c2c(C)c(CC)c(C)n2B(F)F)N=C1C.